The first-order valence-electron chi connectivity index (χ1n) is 8.34. The van der Waals surface area contributed by atoms with Crippen LogP contribution in [0.3, 0.4) is 0 Å². The Morgan fingerprint density at radius 2 is 1.77 bits per heavy atom. The van der Waals surface area contributed by atoms with Crippen LogP contribution in [0.2, 0.25) is 0 Å². The Morgan fingerprint density at radius 3 is 2.38 bits per heavy atom. The largest absolute Gasteiger partial charge is 0.395 e. The number of nitrogens with zero attached hydrogens (tertiary/aromatic N) is 3. The van der Waals surface area contributed by atoms with Crippen molar-refractivity contribution in [3.63, 3.8) is 0 Å². The molecule has 2 aromatic rings. The molecule has 0 radical (unpaired) electrons. The fourth-order valence-electron chi connectivity index (χ4n) is 2.82. The van der Waals surface area contributed by atoms with E-state index in [9.17, 15) is 4.79 Å². The van der Waals surface area contributed by atoms with Crippen molar-refractivity contribution in [2.45, 2.75) is 0 Å². The lowest BCUT2D eigenvalue weighted by Crippen LogP contribution is -2.30. The van der Waals surface area contributed by atoms with Gasteiger partial charge >= 0.3 is 0 Å². The molecule has 1 N–H and O–H groups in total. The van der Waals surface area contributed by atoms with Gasteiger partial charge in [-0.25, -0.2) is 0 Å². The summed E-state index contributed by atoms with van der Waals surface area (Å²) in [5, 5.41) is 9.50. The average molecular weight is 367 g/mol. The van der Waals surface area contributed by atoms with Gasteiger partial charge in [0.25, 0.3) is 5.91 Å². The number of benzene rings is 2. The summed E-state index contributed by atoms with van der Waals surface area (Å²) >= 11 is 5.46. The van der Waals surface area contributed by atoms with E-state index in [0.717, 1.165) is 16.9 Å². The zero-order valence-corrected chi connectivity index (χ0v) is 15.6. The van der Waals surface area contributed by atoms with Crippen LogP contribution in [0.1, 0.15) is 5.56 Å². The van der Waals surface area contributed by atoms with Gasteiger partial charge in [0.15, 0.2) is 5.11 Å². The van der Waals surface area contributed by atoms with Gasteiger partial charge in [0.1, 0.15) is 5.70 Å². The number of carbonyl (C=O) groups excluding carboxylic acids is 1. The molecule has 0 aliphatic carbocycles. The lowest BCUT2D eigenvalue weighted by atomic mass is 10.1. The lowest BCUT2D eigenvalue weighted by molar-refractivity contribution is -0.114. The Labute approximate surface area is 158 Å². The van der Waals surface area contributed by atoms with Gasteiger partial charge in [-0.05, 0) is 48.1 Å². The predicted octanol–water partition coefficient (Wildman–Crippen LogP) is 2.72. The second-order valence-electron chi connectivity index (χ2n) is 6.08. The number of thiocarbonyl (C=S) groups is 1. The van der Waals surface area contributed by atoms with Crippen LogP contribution in [0.4, 0.5) is 11.4 Å². The maximum Gasteiger partial charge on any atom is 0.281 e. The minimum atomic E-state index is -0.134. The first-order chi connectivity index (χ1) is 12.5. The Balaban J connectivity index is 1.87. The molecule has 1 saturated heterocycles. The van der Waals surface area contributed by atoms with E-state index in [1.807, 2.05) is 72.6 Å². The molecule has 5 nitrogen and oxygen atoms in total. The monoisotopic (exact) mass is 367 g/mol. The van der Waals surface area contributed by atoms with Crippen LogP contribution in [-0.4, -0.2) is 48.3 Å². The fourth-order valence-corrected chi connectivity index (χ4v) is 3.11. The van der Waals surface area contributed by atoms with Crippen molar-refractivity contribution in [3.8, 4) is 0 Å². The van der Waals surface area contributed by atoms with Crippen molar-refractivity contribution in [1.82, 2.24) is 4.90 Å². The third-order valence-electron chi connectivity index (χ3n) is 4.35. The van der Waals surface area contributed by atoms with Crippen LogP contribution in [0.5, 0.6) is 0 Å². The number of hydrogen-bond donors (Lipinski definition) is 1. The van der Waals surface area contributed by atoms with Crippen LogP contribution in [0.15, 0.2) is 60.3 Å². The molecule has 26 heavy (non-hydrogen) atoms. The predicted molar refractivity (Wildman–Crippen MR) is 109 cm³/mol. The topological polar surface area (TPSA) is 47.0 Å². The SMILES string of the molecule is CN1C(=S)N(c2ccccc2)C(=O)/C1=C\c1ccc(N(C)CCO)cc1. The Hall–Kier alpha value is -2.70. The van der Waals surface area contributed by atoms with Gasteiger partial charge in [-0.15, -0.1) is 0 Å². The normalized spacial score (nSPS) is 15.9. The standard InChI is InChI=1S/C20H21N3O2S/c1-21(12-13-24)16-10-8-15(9-11-16)14-18-19(25)23(20(26)22(18)2)17-6-4-3-5-7-17/h3-11,14,24H,12-13H2,1-2H3/b18-14+. The molecule has 1 aliphatic rings. The minimum Gasteiger partial charge on any atom is -0.395 e. The van der Waals surface area contributed by atoms with E-state index in [-0.39, 0.29) is 12.5 Å². The van der Waals surface area contributed by atoms with Crippen molar-refractivity contribution in [2.24, 2.45) is 0 Å². The number of likely N-dealkylation sites (N-methyl/N-ethyl adjacent to an activating group) is 2. The Morgan fingerprint density at radius 1 is 1.12 bits per heavy atom. The summed E-state index contributed by atoms with van der Waals surface area (Å²) in [6.07, 6.45) is 1.84. The highest BCUT2D eigenvalue weighted by Crippen LogP contribution is 2.28. The molecule has 2 aromatic carbocycles. The molecule has 1 amide bonds. The molecule has 134 valence electrons. The van der Waals surface area contributed by atoms with E-state index in [1.54, 1.807) is 16.8 Å². The molecule has 1 aliphatic heterocycles. The first-order valence-corrected chi connectivity index (χ1v) is 8.74. The molecule has 0 unspecified atom stereocenters. The van der Waals surface area contributed by atoms with E-state index in [1.165, 1.54) is 0 Å². The van der Waals surface area contributed by atoms with Crippen molar-refractivity contribution in [3.05, 3.63) is 65.9 Å². The zero-order valence-electron chi connectivity index (χ0n) is 14.8. The van der Waals surface area contributed by atoms with Gasteiger partial charge in [0, 0.05) is 26.3 Å². The summed E-state index contributed by atoms with van der Waals surface area (Å²) < 4.78 is 0. The van der Waals surface area contributed by atoms with Gasteiger partial charge in [-0.2, -0.15) is 0 Å². The highest BCUT2D eigenvalue weighted by Gasteiger charge is 2.36. The van der Waals surface area contributed by atoms with Crippen molar-refractivity contribution in [2.75, 3.05) is 37.0 Å². The molecule has 6 heteroatoms. The number of amides is 1. The fraction of sp³-hybridized carbons (Fsp3) is 0.200. The van der Waals surface area contributed by atoms with Gasteiger partial charge in [-0.3, -0.25) is 9.69 Å². The molecule has 0 aromatic heterocycles. The number of aliphatic hydroxyl groups is 1. The average Bonchev–Trinajstić information content (AvgIpc) is 2.86. The summed E-state index contributed by atoms with van der Waals surface area (Å²) in [5.41, 5.74) is 3.22. The third-order valence-corrected chi connectivity index (χ3v) is 4.81. The Kier molecular flexibility index (Phi) is 5.35. The summed E-state index contributed by atoms with van der Waals surface area (Å²) in [4.78, 5) is 18.1. The molecule has 0 spiro atoms. The molecular formula is C20H21N3O2S. The summed E-state index contributed by atoms with van der Waals surface area (Å²) in [5.74, 6) is -0.134. The van der Waals surface area contributed by atoms with Crippen molar-refractivity contribution in [1.29, 1.82) is 0 Å². The molecule has 1 fully saturated rings. The van der Waals surface area contributed by atoms with Gasteiger partial charge in [0.2, 0.25) is 0 Å². The van der Waals surface area contributed by atoms with Crippen LogP contribution in [-0.2, 0) is 4.79 Å². The molecule has 3 rings (SSSR count). The number of hydrogen-bond acceptors (Lipinski definition) is 4. The van der Waals surface area contributed by atoms with Gasteiger partial charge < -0.3 is 14.9 Å². The maximum absolute atomic E-state index is 12.9. The number of carbonyl (C=O) groups is 1. The van der Waals surface area contributed by atoms with Crippen LogP contribution >= 0.6 is 12.2 Å². The molecule has 1 heterocycles. The van der Waals surface area contributed by atoms with E-state index < -0.39 is 0 Å². The number of para-hydroxylation sites is 1. The Bertz CT molecular complexity index is 834. The second kappa shape index (κ2) is 7.68. The van der Waals surface area contributed by atoms with E-state index in [0.29, 0.717) is 17.4 Å². The van der Waals surface area contributed by atoms with E-state index >= 15 is 0 Å². The van der Waals surface area contributed by atoms with Crippen LogP contribution < -0.4 is 9.80 Å². The van der Waals surface area contributed by atoms with Crippen LogP contribution in [0.25, 0.3) is 6.08 Å². The zero-order chi connectivity index (χ0) is 18.7. The summed E-state index contributed by atoms with van der Waals surface area (Å²) in [6, 6.07) is 17.2. The highest BCUT2D eigenvalue weighted by atomic mass is 32.1. The van der Waals surface area contributed by atoms with E-state index in [2.05, 4.69) is 0 Å². The highest BCUT2D eigenvalue weighted by molar-refractivity contribution is 7.80. The minimum absolute atomic E-state index is 0.106. The molecule has 0 bridgehead atoms. The first kappa shape index (κ1) is 18.1. The van der Waals surface area contributed by atoms with E-state index in [4.69, 9.17) is 17.3 Å². The van der Waals surface area contributed by atoms with Crippen LogP contribution in [0, 0.1) is 0 Å². The van der Waals surface area contributed by atoms with Crippen molar-refractivity contribution >= 4 is 40.7 Å². The molecule has 0 atom stereocenters. The number of aliphatic hydroxyl groups excluding tert-OH is 1. The summed E-state index contributed by atoms with van der Waals surface area (Å²) in [6.45, 7) is 0.677. The van der Waals surface area contributed by atoms with Gasteiger partial charge in [0.05, 0.1) is 12.3 Å². The smallest absolute Gasteiger partial charge is 0.281 e. The maximum atomic E-state index is 12.9. The number of rotatable bonds is 5. The number of anilines is 2. The second-order valence-corrected chi connectivity index (χ2v) is 6.45. The van der Waals surface area contributed by atoms with Crippen molar-refractivity contribution < 1.29 is 9.90 Å². The van der Waals surface area contributed by atoms with Gasteiger partial charge in [-0.1, -0.05) is 30.3 Å². The third kappa shape index (κ3) is 3.47. The lowest BCUT2D eigenvalue weighted by Gasteiger charge is -2.17. The molecular weight excluding hydrogens is 346 g/mol. The quantitative estimate of drug-likeness (QED) is 0.650. The summed E-state index contributed by atoms with van der Waals surface area (Å²) in [7, 11) is 3.73. The molecule has 0 saturated carbocycles.